The molecule has 0 aliphatic carbocycles. The lowest BCUT2D eigenvalue weighted by molar-refractivity contribution is -0.128. The molecular formula is C17H20N4OS. The summed E-state index contributed by atoms with van der Waals surface area (Å²) >= 11 is 1.64. The fourth-order valence-corrected chi connectivity index (χ4v) is 4.02. The van der Waals surface area contributed by atoms with Crippen molar-refractivity contribution in [2.45, 2.75) is 25.8 Å². The third kappa shape index (κ3) is 2.70. The number of carbonyl (C=O) groups is 1. The lowest BCUT2D eigenvalue weighted by atomic mass is 9.93. The summed E-state index contributed by atoms with van der Waals surface area (Å²) in [6.07, 6.45) is 0.320. The van der Waals surface area contributed by atoms with Crippen molar-refractivity contribution in [2.24, 2.45) is 10.7 Å². The van der Waals surface area contributed by atoms with Crippen LogP contribution >= 0.6 is 11.3 Å². The number of nitrogens with zero attached hydrogens (tertiary/aromatic N) is 2. The molecular weight excluding hydrogens is 308 g/mol. The Labute approximate surface area is 139 Å². The summed E-state index contributed by atoms with van der Waals surface area (Å²) in [5.74, 6) is 0.247. The molecule has 0 spiro atoms. The molecule has 0 fully saturated rings. The fraction of sp³-hybridized carbons (Fsp3) is 0.294. The highest BCUT2D eigenvalue weighted by Gasteiger charge is 2.37. The predicted molar refractivity (Wildman–Crippen MR) is 95.3 cm³/mol. The van der Waals surface area contributed by atoms with E-state index in [4.69, 9.17) is 11.5 Å². The smallest absolute Gasteiger partial charge is 0.231 e. The van der Waals surface area contributed by atoms with E-state index in [0.29, 0.717) is 6.42 Å². The maximum atomic E-state index is 12.2. The number of amides is 1. The Morgan fingerprint density at radius 3 is 2.70 bits per heavy atom. The number of hydrogen-bond donors (Lipinski definition) is 2. The molecule has 0 saturated carbocycles. The van der Waals surface area contributed by atoms with Crippen molar-refractivity contribution in [3.8, 4) is 10.4 Å². The van der Waals surface area contributed by atoms with Crippen molar-refractivity contribution in [3.63, 3.8) is 0 Å². The second-order valence-electron chi connectivity index (χ2n) is 6.12. The molecule has 6 heteroatoms. The van der Waals surface area contributed by atoms with Gasteiger partial charge in [0.05, 0.1) is 6.42 Å². The Morgan fingerprint density at radius 1 is 1.30 bits per heavy atom. The predicted octanol–water partition coefficient (Wildman–Crippen LogP) is 2.70. The first kappa shape index (κ1) is 15.6. The average Bonchev–Trinajstić information content (AvgIpc) is 2.87. The Morgan fingerprint density at radius 2 is 2.04 bits per heavy atom. The number of nitrogens with two attached hydrogens (primary N) is 2. The lowest BCUT2D eigenvalue weighted by Crippen LogP contribution is -2.47. The fourth-order valence-electron chi connectivity index (χ4n) is 2.76. The number of benzene rings is 1. The summed E-state index contributed by atoms with van der Waals surface area (Å²) in [6, 6.07) is 9.91. The van der Waals surface area contributed by atoms with Gasteiger partial charge in [0.25, 0.3) is 0 Å². The number of thiophene rings is 1. The molecule has 4 N–H and O–H groups in total. The van der Waals surface area contributed by atoms with E-state index in [0.717, 1.165) is 26.6 Å². The number of carbonyl (C=O) groups excluding carboxylic acids is 1. The molecule has 0 bridgehead atoms. The molecule has 0 saturated heterocycles. The number of hydrogen-bond acceptors (Lipinski definition) is 5. The zero-order valence-corrected chi connectivity index (χ0v) is 14.3. The maximum absolute atomic E-state index is 12.2. The average molecular weight is 328 g/mol. The van der Waals surface area contributed by atoms with Gasteiger partial charge in [0.2, 0.25) is 5.91 Å². The van der Waals surface area contributed by atoms with E-state index in [1.807, 2.05) is 31.2 Å². The van der Waals surface area contributed by atoms with Crippen LogP contribution in [-0.4, -0.2) is 23.8 Å². The molecule has 2 aromatic rings. The SMILES string of the molecule is Cc1cc([C@]2(C)CC(=O)N(C)C(N)=N2)sc1-c1cccc(N)c1. The number of rotatable bonds is 2. The van der Waals surface area contributed by atoms with Crippen molar-refractivity contribution in [1.82, 2.24) is 4.90 Å². The highest BCUT2D eigenvalue weighted by molar-refractivity contribution is 7.15. The Bertz CT molecular complexity index is 811. The Balaban J connectivity index is 2.06. The molecule has 0 unspecified atom stereocenters. The molecule has 120 valence electrons. The molecule has 1 aliphatic heterocycles. The van der Waals surface area contributed by atoms with E-state index in [-0.39, 0.29) is 11.9 Å². The van der Waals surface area contributed by atoms with Gasteiger partial charge in [-0.25, -0.2) is 4.99 Å². The second-order valence-corrected chi connectivity index (χ2v) is 7.17. The van der Waals surface area contributed by atoms with Crippen molar-refractivity contribution in [3.05, 3.63) is 40.8 Å². The van der Waals surface area contributed by atoms with E-state index >= 15 is 0 Å². The Hall–Kier alpha value is -2.34. The molecule has 1 amide bonds. The summed E-state index contributed by atoms with van der Waals surface area (Å²) in [5, 5.41) is 0. The molecule has 5 nitrogen and oxygen atoms in total. The van der Waals surface area contributed by atoms with E-state index in [1.54, 1.807) is 18.4 Å². The van der Waals surface area contributed by atoms with E-state index in [2.05, 4.69) is 18.0 Å². The van der Waals surface area contributed by atoms with Crippen molar-refractivity contribution in [2.75, 3.05) is 12.8 Å². The first-order valence-corrected chi connectivity index (χ1v) is 8.20. The number of anilines is 1. The van der Waals surface area contributed by atoms with E-state index in [1.165, 1.54) is 4.90 Å². The lowest BCUT2D eigenvalue weighted by Gasteiger charge is -2.32. The van der Waals surface area contributed by atoms with Gasteiger partial charge in [-0.15, -0.1) is 11.3 Å². The van der Waals surface area contributed by atoms with E-state index in [9.17, 15) is 4.79 Å². The highest BCUT2D eigenvalue weighted by atomic mass is 32.1. The minimum absolute atomic E-state index is 0.0171. The minimum Gasteiger partial charge on any atom is -0.399 e. The molecule has 23 heavy (non-hydrogen) atoms. The summed E-state index contributed by atoms with van der Waals surface area (Å²) in [4.78, 5) is 20.3. The largest absolute Gasteiger partial charge is 0.399 e. The summed E-state index contributed by atoms with van der Waals surface area (Å²) in [5.41, 5.74) is 14.1. The first-order valence-electron chi connectivity index (χ1n) is 7.39. The molecule has 1 aromatic heterocycles. The normalized spacial score (nSPS) is 21.4. The molecule has 1 aliphatic rings. The zero-order chi connectivity index (χ0) is 16.8. The van der Waals surface area contributed by atoms with Crippen LogP contribution < -0.4 is 11.5 Å². The minimum atomic E-state index is -0.609. The third-order valence-corrected chi connectivity index (χ3v) is 5.71. The van der Waals surface area contributed by atoms with Crippen LogP contribution in [0, 0.1) is 6.92 Å². The summed E-state index contributed by atoms with van der Waals surface area (Å²) < 4.78 is 0. The van der Waals surface area contributed by atoms with Gasteiger partial charge in [-0.2, -0.15) is 0 Å². The Kier molecular flexibility index (Phi) is 3.64. The van der Waals surface area contributed by atoms with Gasteiger partial charge in [-0.1, -0.05) is 12.1 Å². The van der Waals surface area contributed by atoms with Gasteiger partial charge >= 0.3 is 0 Å². The van der Waals surface area contributed by atoms with Crippen LogP contribution in [0.15, 0.2) is 35.3 Å². The van der Waals surface area contributed by atoms with Crippen LogP contribution in [-0.2, 0) is 10.3 Å². The van der Waals surface area contributed by atoms with Gasteiger partial charge in [-0.3, -0.25) is 9.69 Å². The molecule has 3 rings (SSSR count). The second kappa shape index (κ2) is 5.38. The zero-order valence-electron chi connectivity index (χ0n) is 13.5. The molecule has 2 heterocycles. The van der Waals surface area contributed by atoms with Crippen LogP contribution in [0.5, 0.6) is 0 Å². The molecule has 0 radical (unpaired) electrons. The van der Waals surface area contributed by atoms with Gasteiger partial charge < -0.3 is 11.5 Å². The molecule has 1 atom stereocenters. The highest BCUT2D eigenvalue weighted by Crippen LogP contribution is 2.42. The molecule has 1 aromatic carbocycles. The van der Waals surface area contributed by atoms with Gasteiger partial charge in [0.1, 0.15) is 5.54 Å². The van der Waals surface area contributed by atoms with Gasteiger partial charge in [0.15, 0.2) is 5.96 Å². The van der Waals surface area contributed by atoms with E-state index < -0.39 is 5.54 Å². The number of nitrogen functional groups attached to an aromatic ring is 1. The van der Waals surface area contributed by atoms with Crippen molar-refractivity contribution < 1.29 is 4.79 Å². The van der Waals surface area contributed by atoms with Crippen LogP contribution in [0.4, 0.5) is 5.69 Å². The number of aliphatic imine (C=N–C) groups is 1. The van der Waals surface area contributed by atoms with Crippen LogP contribution in [0.3, 0.4) is 0 Å². The quantitative estimate of drug-likeness (QED) is 0.831. The topological polar surface area (TPSA) is 84.7 Å². The van der Waals surface area contributed by atoms with Crippen LogP contribution in [0.1, 0.15) is 23.8 Å². The first-order chi connectivity index (χ1) is 10.8. The maximum Gasteiger partial charge on any atom is 0.231 e. The monoisotopic (exact) mass is 328 g/mol. The standard InChI is InChI=1S/C17H20N4OS/c1-10-7-13(17(2)9-14(22)21(3)16(19)20-17)23-15(10)11-5-4-6-12(18)8-11/h4-8H,9,18H2,1-3H3,(H2,19,20)/t17-/m0/s1. The number of aryl methyl sites for hydroxylation is 1. The van der Waals surface area contributed by atoms with Gasteiger partial charge in [-0.05, 0) is 43.2 Å². The third-order valence-electron chi connectivity index (χ3n) is 4.17. The summed E-state index contributed by atoms with van der Waals surface area (Å²) in [7, 11) is 1.65. The van der Waals surface area contributed by atoms with Crippen LogP contribution in [0.2, 0.25) is 0 Å². The van der Waals surface area contributed by atoms with Crippen molar-refractivity contribution in [1.29, 1.82) is 0 Å². The number of guanidine groups is 1. The van der Waals surface area contributed by atoms with Crippen molar-refractivity contribution >= 4 is 28.9 Å². The summed E-state index contributed by atoms with van der Waals surface area (Å²) in [6.45, 7) is 4.02. The van der Waals surface area contributed by atoms with Crippen LogP contribution in [0.25, 0.3) is 10.4 Å². The van der Waals surface area contributed by atoms with Gasteiger partial charge in [0, 0.05) is 22.5 Å².